The number of carboxylic acids is 1. The lowest BCUT2D eigenvalue weighted by Gasteiger charge is -2.14. The second kappa shape index (κ2) is 7.24. The van der Waals surface area contributed by atoms with Gasteiger partial charge in [0.25, 0.3) is 0 Å². The summed E-state index contributed by atoms with van der Waals surface area (Å²) in [7, 11) is 1.53. The highest BCUT2D eigenvalue weighted by atomic mass is 35.5. The number of carbonyl (C=O) groups is 1. The number of rotatable bonds is 7. The molecular weight excluding hydrogens is 256 g/mol. The summed E-state index contributed by atoms with van der Waals surface area (Å²) < 4.78 is 10.3. The molecule has 0 aliphatic carbocycles. The van der Waals surface area contributed by atoms with Crippen molar-refractivity contribution in [2.75, 3.05) is 13.7 Å². The Hall–Kier alpha value is -1.26. The summed E-state index contributed by atoms with van der Waals surface area (Å²) >= 11 is 5.98. The second-order valence-electron chi connectivity index (χ2n) is 3.87. The number of hydrogen-bond donors (Lipinski definition) is 1. The first-order chi connectivity index (χ1) is 8.58. The topological polar surface area (TPSA) is 55.8 Å². The Morgan fingerprint density at radius 3 is 2.72 bits per heavy atom. The third kappa shape index (κ3) is 4.20. The Morgan fingerprint density at radius 2 is 2.22 bits per heavy atom. The van der Waals surface area contributed by atoms with Gasteiger partial charge in [-0.25, -0.2) is 4.79 Å². The van der Waals surface area contributed by atoms with Crippen LogP contribution in [0, 0.1) is 0 Å². The molecule has 1 aromatic carbocycles. The monoisotopic (exact) mass is 272 g/mol. The zero-order valence-corrected chi connectivity index (χ0v) is 11.2. The maximum absolute atomic E-state index is 11.0. The fraction of sp³-hybridized carbons (Fsp3) is 0.462. The molecule has 0 saturated carbocycles. The number of ether oxygens (including phenoxy) is 2. The van der Waals surface area contributed by atoms with Gasteiger partial charge in [0.05, 0.1) is 12.1 Å². The van der Waals surface area contributed by atoms with Crippen molar-refractivity contribution in [1.29, 1.82) is 0 Å². The summed E-state index contributed by atoms with van der Waals surface area (Å²) in [6.07, 6.45) is 0.237. The smallest absolute Gasteiger partial charge is 0.333 e. The van der Waals surface area contributed by atoms with Crippen LogP contribution in [0.5, 0.6) is 5.75 Å². The van der Waals surface area contributed by atoms with Gasteiger partial charge in [0.1, 0.15) is 5.75 Å². The number of aliphatic carboxylic acids is 1. The molecule has 0 saturated heterocycles. The van der Waals surface area contributed by atoms with Crippen molar-refractivity contribution in [2.45, 2.75) is 25.9 Å². The van der Waals surface area contributed by atoms with E-state index >= 15 is 0 Å². The molecule has 0 fully saturated rings. The minimum absolute atomic E-state index is 0.291. The first kappa shape index (κ1) is 14.8. The molecule has 0 radical (unpaired) electrons. The minimum atomic E-state index is -0.963. The maximum atomic E-state index is 11.0. The molecule has 100 valence electrons. The molecule has 0 amide bonds. The van der Waals surface area contributed by atoms with E-state index in [9.17, 15) is 4.79 Å². The molecule has 0 aliphatic heterocycles. The molecule has 1 atom stereocenters. The summed E-state index contributed by atoms with van der Waals surface area (Å²) in [6.45, 7) is 2.37. The average molecular weight is 273 g/mol. The molecule has 4 nitrogen and oxygen atoms in total. The molecule has 1 rings (SSSR count). The van der Waals surface area contributed by atoms with Crippen LogP contribution in [0.4, 0.5) is 0 Å². The van der Waals surface area contributed by atoms with E-state index in [0.29, 0.717) is 23.8 Å². The van der Waals surface area contributed by atoms with E-state index in [1.165, 1.54) is 7.11 Å². The summed E-state index contributed by atoms with van der Waals surface area (Å²) in [5.74, 6) is -0.392. The largest absolute Gasteiger partial charge is 0.495 e. The van der Waals surface area contributed by atoms with Gasteiger partial charge in [-0.2, -0.15) is 0 Å². The van der Waals surface area contributed by atoms with E-state index in [1.807, 2.05) is 6.92 Å². The average Bonchev–Trinajstić information content (AvgIpc) is 2.34. The number of benzene rings is 1. The van der Waals surface area contributed by atoms with Gasteiger partial charge < -0.3 is 14.6 Å². The van der Waals surface area contributed by atoms with Crippen LogP contribution in [-0.4, -0.2) is 30.9 Å². The maximum Gasteiger partial charge on any atom is 0.333 e. The van der Waals surface area contributed by atoms with Gasteiger partial charge in [0.2, 0.25) is 0 Å². The standard InChI is InChI=1S/C13H17ClO4/c1-3-6-18-12(13(15)16)8-9-4-5-11(17-2)10(14)7-9/h4-5,7,12H,3,6,8H2,1-2H3,(H,15,16). The van der Waals surface area contributed by atoms with Crippen LogP contribution < -0.4 is 4.74 Å². The van der Waals surface area contributed by atoms with Crippen molar-refractivity contribution >= 4 is 17.6 Å². The Morgan fingerprint density at radius 1 is 1.50 bits per heavy atom. The molecule has 1 aromatic rings. The second-order valence-corrected chi connectivity index (χ2v) is 4.28. The van der Waals surface area contributed by atoms with Crippen LogP contribution >= 0.6 is 11.6 Å². The minimum Gasteiger partial charge on any atom is -0.495 e. The molecule has 0 aliphatic rings. The first-order valence-electron chi connectivity index (χ1n) is 5.75. The molecular formula is C13H17ClO4. The quantitative estimate of drug-likeness (QED) is 0.829. The van der Waals surface area contributed by atoms with Crippen LogP contribution in [0.25, 0.3) is 0 Å². The molecule has 18 heavy (non-hydrogen) atoms. The van der Waals surface area contributed by atoms with Crippen LogP contribution in [0.2, 0.25) is 5.02 Å². The molecule has 0 aromatic heterocycles. The van der Waals surface area contributed by atoms with E-state index in [2.05, 4.69) is 0 Å². The van der Waals surface area contributed by atoms with Crippen molar-refractivity contribution in [3.63, 3.8) is 0 Å². The Bertz CT molecular complexity index is 406. The molecule has 1 unspecified atom stereocenters. The fourth-order valence-electron chi connectivity index (χ4n) is 1.53. The van der Waals surface area contributed by atoms with Gasteiger partial charge in [0, 0.05) is 13.0 Å². The highest BCUT2D eigenvalue weighted by molar-refractivity contribution is 6.32. The third-order valence-electron chi connectivity index (χ3n) is 2.44. The van der Waals surface area contributed by atoms with Gasteiger partial charge in [-0.1, -0.05) is 24.6 Å². The zero-order chi connectivity index (χ0) is 13.5. The normalized spacial score (nSPS) is 12.2. The number of carboxylic acid groups (broad SMARTS) is 1. The fourth-order valence-corrected chi connectivity index (χ4v) is 1.81. The van der Waals surface area contributed by atoms with Crippen LogP contribution in [0.3, 0.4) is 0 Å². The summed E-state index contributed by atoms with van der Waals surface area (Å²) in [6, 6.07) is 5.21. The SMILES string of the molecule is CCCOC(Cc1ccc(OC)c(Cl)c1)C(=O)O. The van der Waals surface area contributed by atoms with Crippen molar-refractivity contribution in [2.24, 2.45) is 0 Å². The van der Waals surface area contributed by atoms with Gasteiger partial charge in [0.15, 0.2) is 6.10 Å². The lowest BCUT2D eigenvalue weighted by atomic mass is 10.1. The van der Waals surface area contributed by atoms with E-state index in [0.717, 1.165) is 12.0 Å². The highest BCUT2D eigenvalue weighted by Gasteiger charge is 2.18. The van der Waals surface area contributed by atoms with Crippen LogP contribution in [0.15, 0.2) is 18.2 Å². The van der Waals surface area contributed by atoms with Gasteiger partial charge >= 0.3 is 5.97 Å². The Balaban J connectivity index is 2.74. The highest BCUT2D eigenvalue weighted by Crippen LogP contribution is 2.25. The predicted octanol–water partition coefficient (Wildman–Crippen LogP) is 2.77. The van der Waals surface area contributed by atoms with Crippen molar-refractivity contribution in [3.8, 4) is 5.75 Å². The van der Waals surface area contributed by atoms with Gasteiger partial charge in [-0.05, 0) is 24.1 Å². The van der Waals surface area contributed by atoms with Crippen molar-refractivity contribution in [3.05, 3.63) is 28.8 Å². The lowest BCUT2D eigenvalue weighted by Crippen LogP contribution is -2.26. The number of hydrogen-bond acceptors (Lipinski definition) is 3. The van der Waals surface area contributed by atoms with E-state index in [4.69, 9.17) is 26.2 Å². The Labute approximate surface area is 111 Å². The zero-order valence-electron chi connectivity index (χ0n) is 10.5. The van der Waals surface area contributed by atoms with Crippen LogP contribution in [-0.2, 0) is 16.0 Å². The number of halogens is 1. The molecule has 5 heteroatoms. The van der Waals surface area contributed by atoms with Gasteiger partial charge in [-0.3, -0.25) is 0 Å². The summed E-state index contributed by atoms with van der Waals surface area (Å²) in [5, 5.41) is 9.52. The molecule has 1 N–H and O–H groups in total. The van der Waals surface area contributed by atoms with Gasteiger partial charge in [-0.15, -0.1) is 0 Å². The lowest BCUT2D eigenvalue weighted by molar-refractivity contribution is -0.150. The summed E-state index contributed by atoms with van der Waals surface area (Å²) in [4.78, 5) is 11.0. The number of methoxy groups -OCH3 is 1. The molecule has 0 bridgehead atoms. The Kier molecular flexibility index (Phi) is 5.95. The van der Waals surface area contributed by atoms with E-state index in [-0.39, 0.29) is 0 Å². The third-order valence-corrected chi connectivity index (χ3v) is 2.73. The molecule has 0 spiro atoms. The molecule has 0 heterocycles. The van der Waals surface area contributed by atoms with Crippen LogP contribution in [0.1, 0.15) is 18.9 Å². The summed E-state index contributed by atoms with van der Waals surface area (Å²) in [5.41, 5.74) is 0.810. The first-order valence-corrected chi connectivity index (χ1v) is 6.13. The predicted molar refractivity (Wildman–Crippen MR) is 69.4 cm³/mol. The van der Waals surface area contributed by atoms with E-state index < -0.39 is 12.1 Å². The van der Waals surface area contributed by atoms with E-state index in [1.54, 1.807) is 18.2 Å². The van der Waals surface area contributed by atoms with Crippen molar-refractivity contribution < 1.29 is 19.4 Å². The van der Waals surface area contributed by atoms with Crippen molar-refractivity contribution in [1.82, 2.24) is 0 Å².